The van der Waals surface area contributed by atoms with Crippen LogP contribution < -0.4 is 10.6 Å². The molecule has 1 heterocycles. The highest BCUT2D eigenvalue weighted by Crippen LogP contribution is 2.22. The number of nitrogens with one attached hydrogen (secondary N) is 2. The number of para-hydroxylation sites is 1. The first-order chi connectivity index (χ1) is 11.1. The second-order valence-electron chi connectivity index (χ2n) is 5.26. The van der Waals surface area contributed by atoms with Crippen LogP contribution in [0.3, 0.4) is 0 Å². The minimum Gasteiger partial charge on any atom is -0.385 e. The van der Waals surface area contributed by atoms with E-state index in [-0.39, 0.29) is 5.91 Å². The summed E-state index contributed by atoms with van der Waals surface area (Å²) in [6.07, 6.45) is 2.34. The van der Waals surface area contributed by atoms with E-state index in [9.17, 15) is 4.79 Å². The molecule has 0 aliphatic heterocycles. The summed E-state index contributed by atoms with van der Waals surface area (Å²) in [6.45, 7) is 5.20. The fraction of sp³-hybridized carbons (Fsp3) is 0.353. The van der Waals surface area contributed by atoms with E-state index in [1.54, 1.807) is 19.4 Å². The van der Waals surface area contributed by atoms with Gasteiger partial charge in [-0.25, -0.2) is 9.97 Å². The van der Waals surface area contributed by atoms with Crippen molar-refractivity contribution < 1.29 is 9.53 Å². The molecule has 1 amide bonds. The molecule has 0 radical (unpaired) electrons. The van der Waals surface area contributed by atoms with Crippen molar-refractivity contribution in [3.63, 3.8) is 0 Å². The Bertz CT molecular complexity index is 653. The lowest BCUT2D eigenvalue weighted by atomic mass is 10.1. The third-order valence-electron chi connectivity index (χ3n) is 3.42. The predicted octanol–water partition coefficient (Wildman–Crippen LogP) is 2.60. The summed E-state index contributed by atoms with van der Waals surface area (Å²) in [5, 5.41) is 6.00. The molecule has 0 aliphatic rings. The van der Waals surface area contributed by atoms with E-state index in [1.807, 2.05) is 32.0 Å². The van der Waals surface area contributed by atoms with E-state index >= 15 is 0 Å². The first-order valence-corrected chi connectivity index (χ1v) is 7.55. The Morgan fingerprint density at radius 2 is 1.96 bits per heavy atom. The Balaban J connectivity index is 2.06. The van der Waals surface area contributed by atoms with Crippen LogP contribution in [0.4, 0.5) is 11.6 Å². The lowest BCUT2D eigenvalue weighted by Crippen LogP contribution is -2.26. The van der Waals surface area contributed by atoms with Crippen molar-refractivity contribution in [2.75, 3.05) is 25.6 Å². The summed E-state index contributed by atoms with van der Waals surface area (Å²) >= 11 is 0. The van der Waals surface area contributed by atoms with Crippen LogP contribution in [-0.2, 0) is 4.74 Å². The standard InChI is InChI=1S/C17H22N4O2/c1-12-6-4-7-13(2)15(12)21-17-19-10-8-14(20-17)16(22)18-9-5-11-23-3/h4,6-8,10H,5,9,11H2,1-3H3,(H,18,22)(H,19,20,21). The van der Waals surface area contributed by atoms with Gasteiger partial charge < -0.3 is 15.4 Å². The van der Waals surface area contributed by atoms with Crippen molar-refractivity contribution in [2.45, 2.75) is 20.3 Å². The van der Waals surface area contributed by atoms with Crippen LogP contribution in [0.2, 0.25) is 0 Å². The molecule has 122 valence electrons. The molecule has 1 aromatic heterocycles. The minimum absolute atomic E-state index is 0.215. The van der Waals surface area contributed by atoms with Gasteiger partial charge in [-0.1, -0.05) is 18.2 Å². The highest BCUT2D eigenvalue weighted by Gasteiger charge is 2.09. The zero-order valence-electron chi connectivity index (χ0n) is 13.7. The second-order valence-corrected chi connectivity index (χ2v) is 5.26. The van der Waals surface area contributed by atoms with Crippen molar-refractivity contribution in [1.29, 1.82) is 0 Å². The molecule has 0 atom stereocenters. The molecular weight excluding hydrogens is 292 g/mol. The number of benzene rings is 1. The third-order valence-corrected chi connectivity index (χ3v) is 3.42. The lowest BCUT2D eigenvalue weighted by Gasteiger charge is -2.11. The van der Waals surface area contributed by atoms with Gasteiger partial charge in [-0.15, -0.1) is 0 Å². The molecule has 6 nitrogen and oxygen atoms in total. The van der Waals surface area contributed by atoms with Crippen molar-refractivity contribution in [1.82, 2.24) is 15.3 Å². The monoisotopic (exact) mass is 314 g/mol. The Morgan fingerprint density at radius 3 is 2.65 bits per heavy atom. The summed E-state index contributed by atoms with van der Waals surface area (Å²) in [5.74, 6) is 0.194. The molecule has 6 heteroatoms. The van der Waals surface area contributed by atoms with Crippen LogP contribution in [-0.4, -0.2) is 36.1 Å². The largest absolute Gasteiger partial charge is 0.385 e. The van der Waals surface area contributed by atoms with Gasteiger partial charge in [-0.2, -0.15) is 0 Å². The van der Waals surface area contributed by atoms with E-state index in [4.69, 9.17) is 4.74 Å². The Kier molecular flexibility index (Phi) is 6.05. The van der Waals surface area contributed by atoms with Gasteiger partial charge in [0.05, 0.1) is 0 Å². The topological polar surface area (TPSA) is 76.1 Å². The third kappa shape index (κ3) is 4.75. The number of aromatic nitrogens is 2. The van der Waals surface area contributed by atoms with Crippen molar-refractivity contribution in [2.24, 2.45) is 0 Å². The van der Waals surface area contributed by atoms with E-state index in [0.717, 1.165) is 23.2 Å². The number of carbonyl (C=O) groups is 1. The number of hydrogen-bond acceptors (Lipinski definition) is 5. The van der Waals surface area contributed by atoms with Crippen molar-refractivity contribution in [3.8, 4) is 0 Å². The minimum atomic E-state index is -0.215. The molecular formula is C17H22N4O2. The van der Waals surface area contributed by atoms with Gasteiger partial charge in [0.2, 0.25) is 5.95 Å². The first kappa shape index (κ1) is 16.9. The van der Waals surface area contributed by atoms with Crippen LogP contribution in [0.1, 0.15) is 28.0 Å². The molecule has 2 aromatic rings. The summed E-state index contributed by atoms with van der Waals surface area (Å²) < 4.78 is 4.95. The SMILES string of the molecule is COCCCNC(=O)c1ccnc(Nc2c(C)cccc2C)n1. The number of hydrogen-bond donors (Lipinski definition) is 2. The van der Waals surface area contributed by atoms with Gasteiger partial charge in [0.25, 0.3) is 5.91 Å². The fourth-order valence-electron chi connectivity index (χ4n) is 2.18. The molecule has 0 unspecified atom stereocenters. The number of aryl methyl sites for hydroxylation is 2. The highest BCUT2D eigenvalue weighted by atomic mass is 16.5. The summed E-state index contributed by atoms with van der Waals surface area (Å²) in [7, 11) is 1.64. The number of methoxy groups -OCH3 is 1. The van der Waals surface area contributed by atoms with Crippen LogP contribution in [0.15, 0.2) is 30.5 Å². The molecule has 0 spiro atoms. The maximum atomic E-state index is 12.1. The molecule has 2 N–H and O–H groups in total. The van der Waals surface area contributed by atoms with Crippen LogP contribution >= 0.6 is 0 Å². The lowest BCUT2D eigenvalue weighted by molar-refractivity contribution is 0.0943. The molecule has 23 heavy (non-hydrogen) atoms. The number of carbonyl (C=O) groups excluding carboxylic acids is 1. The van der Waals surface area contributed by atoms with E-state index in [0.29, 0.717) is 24.8 Å². The number of amides is 1. The average molecular weight is 314 g/mol. The predicted molar refractivity (Wildman–Crippen MR) is 90.1 cm³/mol. The molecule has 0 aliphatic carbocycles. The normalized spacial score (nSPS) is 10.4. The number of nitrogens with zero attached hydrogens (tertiary/aromatic N) is 2. The summed E-state index contributed by atoms with van der Waals surface area (Å²) in [5.41, 5.74) is 3.50. The van der Waals surface area contributed by atoms with E-state index in [1.165, 1.54) is 0 Å². The zero-order valence-corrected chi connectivity index (χ0v) is 13.7. The fourth-order valence-corrected chi connectivity index (χ4v) is 2.18. The molecule has 0 bridgehead atoms. The molecule has 0 saturated carbocycles. The molecule has 0 fully saturated rings. The van der Waals surface area contributed by atoms with Crippen LogP contribution in [0, 0.1) is 13.8 Å². The molecule has 1 aromatic carbocycles. The molecule has 2 rings (SSSR count). The maximum absolute atomic E-state index is 12.1. The van der Waals surface area contributed by atoms with Crippen LogP contribution in [0.25, 0.3) is 0 Å². The van der Waals surface area contributed by atoms with Gasteiger partial charge in [0.15, 0.2) is 0 Å². The van der Waals surface area contributed by atoms with Gasteiger partial charge in [-0.3, -0.25) is 4.79 Å². The van der Waals surface area contributed by atoms with Crippen molar-refractivity contribution in [3.05, 3.63) is 47.3 Å². The number of ether oxygens (including phenoxy) is 1. The summed E-state index contributed by atoms with van der Waals surface area (Å²) in [6, 6.07) is 7.63. The van der Waals surface area contributed by atoms with Gasteiger partial charge in [0, 0.05) is 32.1 Å². The van der Waals surface area contributed by atoms with E-state index in [2.05, 4.69) is 20.6 Å². The molecule has 0 saturated heterocycles. The summed E-state index contributed by atoms with van der Waals surface area (Å²) in [4.78, 5) is 20.5. The second kappa shape index (κ2) is 8.24. The Morgan fingerprint density at radius 1 is 1.22 bits per heavy atom. The van der Waals surface area contributed by atoms with Gasteiger partial charge >= 0.3 is 0 Å². The smallest absolute Gasteiger partial charge is 0.270 e. The maximum Gasteiger partial charge on any atom is 0.270 e. The Labute approximate surface area is 136 Å². The number of anilines is 2. The zero-order chi connectivity index (χ0) is 16.7. The quantitative estimate of drug-likeness (QED) is 0.768. The highest BCUT2D eigenvalue weighted by molar-refractivity contribution is 5.92. The first-order valence-electron chi connectivity index (χ1n) is 7.55. The van der Waals surface area contributed by atoms with E-state index < -0.39 is 0 Å². The van der Waals surface area contributed by atoms with Crippen LogP contribution in [0.5, 0.6) is 0 Å². The number of rotatable bonds is 7. The van der Waals surface area contributed by atoms with Crippen molar-refractivity contribution >= 4 is 17.5 Å². The van der Waals surface area contributed by atoms with Gasteiger partial charge in [0.1, 0.15) is 5.69 Å². The Hall–Kier alpha value is -2.47. The average Bonchev–Trinajstić information content (AvgIpc) is 2.55. The van der Waals surface area contributed by atoms with Gasteiger partial charge in [-0.05, 0) is 37.5 Å².